The molecule has 2 aromatic rings. The van der Waals surface area contributed by atoms with E-state index in [1.165, 1.54) is 10.4 Å². The Kier molecular flexibility index (Phi) is 6.84. The zero-order valence-corrected chi connectivity index (χ0v) is 17.6. The molecule has 0 spiro atoms. The molecule has 1 fully saturated rings. The minimum atomic E-state index is -3.60. The molecule has 0 aliphatic carbocycles. The molecule has 2 heterocycles. The first-order valence-electron chi connectivity index (χ1n) is 9.08. The molecule has 0 bridgehead atoms. The van der Waals surface area contributed by atoms with E-state index in [4.69, 9.17) is 4.74 Å². The average molecular weight is 424 g/mol. The zero-order valence-electron chi connectivity index (χ0n) is 16.0. The summed E-state index contributed by atoms with van der Waals surface area (Å²) in [6, 6.07) is 8.07. The van der Waals surface area contributed by atoms with Gasteiger partial charge in [-0.25, -0.2) is 8.42 Å². The van der Waals surface area contributed by atoms with Gasteiger partial charge in [-0.1, -0.05) is 6.07 Å². The van der Waals surface area contributed by atoms with E-state index in [0.29, 0.717) is 38.5 Å². The molecule has 1 aliphatic rings. The van der Waals surface area contributed by atoms with Crippen LogP contribution in [0.4, 0.5) is 5.69 Å². The van der Waals surface area contributed by atoms with Crippen molar-refractivity contribution in [3.05, 3.63) is 46.7 Å². The lowest BCUT2D eigenvalue weighted by molar-refractivity contribution is -0.120. The molecule has 152 valence electrons. The Morgan fingerprint density at radius 2 is 2.07 bits per heavy atom. The number of anilines is 1. The highest BCUT2D eigenvalue weighted by atomic mass is 32.2. The van der Waals surface area contributed by atoms with E-state index >= 15 is 0 Å². The number of thiophene rings is 1. The molecule has 1 atom stereocenters. The minimum absolute atomic E-state index is 0.173. The second kappa shape index (κ2) is 9.15. The third-order valence-electron chi connectivity index (χ3n) is 4.76. The Hall–Kier alpha value is -1.78. The van der Waals surface area contributed by atoms with Crippen molar-refractivity contribution in [1.29, 1.82) is 0 Å². The van der Waals surface area contributed by atoms with Gasteiger partial charge in [-0.3, -0.25) is 9.69 Å². The number of amides is 1. The fraction of sp³-hybridized carbons (Fsp3) is 0.421. The Morgan fingerprint density at radius 1 is 1.32 bits per heavy atom. The summed E-state index contributed by atoms with van der Waals surface area (Å²) in [6.07, 6.45) is 0. The van der Waals surface area contributed by atoms with Crippen molar-refractivity contribution >= 4 is 33.0 Å². The highest BCUT2D eigenvalue weighted by Crippen LogP contribution is 2.21. The lowest BCUT2D eigenvalue weighted by atomic mass is 10.2. The maximum absolute atomic E-state index is 12.8. The SMILES string of the molecule is C[C@H](C(=O)Nc1cccc(S(=O)(=O)N2CCOCC2)c1)N(C)Cc1ccsc1. The third kappa shape index (κ3) is 4.98. The standard InChI is InChI=1S/C19H25N3O4S2/c1-15(21(2)13-16-6-11-27-14-16)19(23)20-17-4-3-5-18(12-17)28(24,25)22-7-9-26-10-8-22/h3-6,11-12,14-15H,7-10,13H2,1-2H3,(H,20,23)/t15-/m1/s1. The molecule has 1 saturated heterocycles. The predicted octanol–water partition coefficient (Wildman–Crippen LogP) is 2.23. The summed E-state index contributed by atoms with van der Waals surface area (Å²) < 4.78 is 32.2. The van der Waals surface area contributed by atoms with Gasteiger partial charge in [0.15, 0.2) is 0 Å². The summed E-state index contributed by atoms with van der Waals surface area (Å²) in [4.78, 5) is 14.7. The second-order valence-corrected chi connectivity index (χ2v) is 9.47. The van der Waals surface area contributed by atoms with E-state index in [-0.39, 0.29) is 16.8 Å². The molecule has 0 unspecified atom stereocenters. The van der Waals surface area contributed by atoms with E-state index < -0.39 is 10.0 Å². The van der Waals surface area contributed by atoms with Gasteiger partial charge in [0.2, 0.25) is 15.9 Å². The summed E-state index contributed by atoms with van der Waals surface area (Å²) in [5.74, 6) is -0.182. The molecule has 1 amide bonds. The molecule has 7 nitrogen and oxygen atoms in total. The fourth-order valence-corrected chi connectivity index (χ4v) is 5.04. The van der Waals surface area contributed by atoms with Crippen molar-refractivity contribution in [2.45, 2.75) is 24.4 Å². The van der Waals surface area contributed by atoms with Crippen LogP contribution < -0.4 is 5.32 Å². The molecule has 1 aromatic heterocycles. The normalized spacial score (nSPS) is 16.8. The van der Waals surface area contributed by atoms with Crippen molar-refractivity contribution in [2.24, 2.45) is 0 Å². The van der Waals surface area contributed by atoms with Crippen molar-refractivity contribution < 1.29 is 17.9 Å². The van der Waals surface area contributed by atoms with Crippen molar-refractivity contribution in [3.63, 3.8) is 0 Å². The number of benzene rings is 1. The maximum Gasteiger partial charge on any atom is 0.243 e. The number of hydrogen-bond donors (Lipinski definition) is 1. The van der Waals surface area contributed by atoms with Crippen molar-refractivity contribution in [2.75, 3.05) is 38.7 Å². The van der Waals surface area contributed by atoms with Crippen LogP contribution in [-0.2, 0) is 26.1 Å². The van der Waals surface area contributed by atoms with E-state index in [2.05, 4.69) is 10.7 Å². The summed E-state index contributed by atoms with van der Waals surface area (Å²) in [5, 5.41) is 6.90. The Labute approximate surface area is 170 Å². The van der Waals surface area contributed by atoms with Gasteiger partial charge in [0, 0.05) is 25.3 Å². The zero-order chi connectivity index (χ0) is 20.1. The Bertz CT molecular complexity index is 894. The van der Waals surface area contributed by atoms with E-state index in [9.17, 15) is 13.2 Å². The fourth-order valence-electron chi connectivity index (χ4n) is 2.92. The van der Waals surface area contributed by atoms with Crippen LogP contribution in [0.1, 0.15) is 12.5 Å². The molecule has 28 heavy (non-hydrogen) atoms. The van der Waals surface area contributed by atoms with Gasteiger partial charge in [-0.15, -0.1) is 0 Å². The van der Waals surface area contributed by atoms with Gasteiger partial charge in [-0.05, 0) is 54.6 Å². The average Bonchev–Trinajstić information content (AvgIpc) is 3.21. The highest BCUT2D eigenvalue weighted by molar-refractivity contribution is 7.89. The first-order valence-corrected chi connectivity index (χ1v) is 11.5. The van der Waals surface area contributed by atoms with Crippen molar-refractivity contribution in [1.82, 2.24) is 9.21 Å². The summed E-state index contributed by atoms with van der Waals surface area (Å²) in [6.45, 7) is 3.96. The molecule has 1 N–H and O–H groups in total. The monoisotopic (exact) mass is 423 g/mol. The largest absolute Gasteiger partial charge is 0.379 e. The number of nitrogens with zero attached hydrogens (tertiary/aromatic N) is 2. The van der Waals surface area contributed by atoms with Gasteiger partial charge in [0.25, 0.3) is 0 Å². The Morgan fingerprint density at radius 3 is 2.75 bits per heavy atom. The third-order valence-corrected chi connectivity index (χ3v) is 7.39. The van der Waals surface area contributed by atoms with Crippen LogP contribution in [0.15, 0.2) is 46.0 Å². The number of carbonyl (C=O) groups is 1. The summed E-state index contributed by atoms with van der Waals surface area (Å²) >= 11 is 1.62. The number of carbonyl (C=O) groups excluding carboxylic acids is 1. The van der Waals surface area contributed by atoms with Crippen LogP contribution >= 0.6 is 11.3 Å². The molecule has 1 aromatic carbocycles. The first kappa shape index (κ1) is 20.9. The number of sulfonamides is 1. The number of hydrogen-bond acceptors (Lipinski definition) is 6. The number of nitrogens with one attached hydrogen (secondary N) is 1. The number of likely N-dealkylation sites (N-methyl/N-ethyl adjacent to an activating group) is 1. The number of morpholine rings is 1. The van der Waals surface area contributed by atoms with Crippen molar-refractivity contribution in [3.8, 4) is 0 Å². The molecular weight excluding hydrogens is 398 g/mol. The topological polar surface area (TPSA) is 79.0 Å². The molecule has 9 heteroatoms. The maximum atomic E-state index is 12.8. The minimum Gasteiger partial charge on any atom is -0.379 e. The molecule has 0 radical (unpaired) electrons. The van der Waals surface area contributed by atoms with Crippen LogP contribution in [0.5, 0.6) is 0 Å². The van der Waals surface area contributed by atoms with Gasteiger partial charge >= 0.3 is 0 Å². The molecule has 3 rings (SSSR count). The Balaban J connectivity index is 1.67. The van der Waals surface area contributed by atoms with Crippen LogP contribution in [0.25, 0.3) is 0 Å². The predicted molar refractivity (Wildman–Crippen MR) is 110 cm³/mol. The second-order valence-electron chi connectivity index (χ2n) is 6.76. The lowest BCUT2D eigenvalue weighted by Gasteiger charge is -2.26. The van der Waals surface area contributed by atoms with Crippen LogP contribution in [-0.4, -0.2) is 62.9 Å². The van der Waals surface area contributed by atoms with Crippen LogP contribution in [0, 0.1) is 0 Å². The smallest absolute Gasteiger partial charge is 0.243 e. The molecular formula is C19H25N3O4S2. The lowest BCUT2D eigenvalue weighted by Crippen LogP contribution is -2.40. The van der Waals surface area contributed by atoms with Crippen LogP contribution in [0.3, 0.4) is 0 Å². The van der Waals surface area contributed by atoms with Gasteiger partial charge < -0.3 is 10.1 Å². The van der Waals surface area contributed by atoms with E-state index in [1.807, 2.05) is 30.3 Å². The first-order chi connectivity index (χ1) is 13.4. The molecule has 0 saturated carbocycles. The van der Waals surface area contributed by atoms with Gasteiger partial charge in [0.1, 0.15) is 0 Å². The summed E-state index contributed by atoms with van der Waals surface area (Å²) in [5.41, 5.74) is 1.63. The van der Waals surface area contributed by atoms with Crippen LogP contribution in [0.2, 0.25) is 0 Å². The van der Waals surface area contributed by atoms with Gasteiger partial charge in [0.05, 0.1) is 24.2 Å². The molecule has 1 aliphatic heterocycles. The van der Waals surface area contributed by atoms with Gasteiger partial charge in [-0.2, -0.15) is 15.6 Å². The highest BCUT2D eigenvalue weighted by Gasteiger charge is 2.27. The number of rotatable bonds is 7. The van der Waals surface area contributed by atoms with E-state index in [1.54, 1.807) is 29.5 Å². The summed E-state index contributed by atoms with van der Waals surface area (Å²) in [7, 11) is -1.71. The quantitative estimate of drug-likeness (QED) is 0.739. The number of ether oxygens (including phenoxy) is 1. The van der Waals surface area contributed by atoms with E-state index in [0.717, 1.165) is 5.56 Å².